The Bertz CT molecular complexity index is 856. The van der Waals surface area contributed by atoms with E-state index in [2.05, 4.69) is 4.98 Å². The van der Waals surface area contributed by atoms with Crippen LogP contribution >= 0.6 is 0 Å². The predicted octanol–water partition coefficient (Wildman–Crippen LogP) is 3.52. The van der Waals surface area contributed by atoms with Crippen LogP contribution in [0.4, 0.5) is 4.39 Å². The van der Waals surface area contributed by atoms with Gasteiger partial charge in [0, 0.05) is 17.3 Å². The second-order valence-corrected chi connectivity index (χ2v) is 4.57. The molecule has 0 aliphatic carbocycles. The maximum absolute atomic E-state index is 12.9. The second-order valence-electron chi connectivity index (χ2n) is 4.57. The van der Waals surface area contributed by atoms with Crippen LogP contribution in [0.1, 0.15) is 0 Å². The molecule has 110 valence electrons. The highest BCUT2D eigenvalue weighted by atomic mass is 19.1. The van der Waals surface area contributed by atoms with Gasteiger partial charge in [-0.25, -0.2) is 14.2 Å². The minimum absolute atomic E-state index is 0.142. The molecular formula is C17H12FNO3. The normalized spacial score (nSPS) is 10.5. The van der Waals surface area contributed by atoms with Crippen LogP contribution in [0.25, 0.3) is 22.6 Å². The highest BCUT2D eigenvalue weighted by molar-refractivity contribution is 5.69. The van der Waals surface area contributed by atoms with Gasteiger partial charge in [0.25, 0.3) is 0 Å². The van der Waals surface area contributed by atoms with E-state index in [9.17, 15) is 9.18 Å². The smallest absolute Gasteiger partial charge is 0.347 e. The third-order valence-corrected chi connectivity index (χ3v) is 3.21. The fourth-order valence-corrected chi connectivity index (χ4v) is 2.12. The van der Waals surface area contributed by atoms with E-state index in [1.165, 1.54) is 37.6 Å². The van der Waals surface area contributed by atoms with Gasteiger partial charge in [-0.2, -0.15) is 0 Å². The van der Waals surface area contributed by atoms with Gasteiger partial charge in [-0.1, -0.05) is 18.2 Å². The lowest BCUT2D eigenvalue weighted by Crippen LogP contribution is -2.06. The van der Waals surface area contributed by atoms with Crippen molar-refractivity contribution < 1.29 is 13.5 Å². The summed E-state index contributed by atoms with van der Waals surface area (Å²) in [6, 6.07) is 12.7. The van der Waals surface area contributed by atoms with Crippen molar-refractivity contribution in [2.24, 2.45) is 0 Å². The maximum atomic E-state index is 12.9. The minimum atomic E-state index is -0.529. The van der Waals surface area contributed by atoms with Gasteiger partial charge in [0.1, 0.15) is 11.6 Å². The van der Waals surface area contributed by atoms with Crippen LogP contribution in [0.5, 0.6) is 5.75 Å². The Hall–Kier alpha value is -2.95. The van der Waals surface area contributed by atoms with Gasteiger partial charge >= 0.3 is 5.63 Å². The molecule has 5 heteroatoms. The highest BCUT2D eigenvalue weighted by Crippen LogP contribution is 2.27. The molecule has 22 heavy (non-hydrogen) atoms. The topological polar surface area (TPSA) is 52.3 Å². The van der Waals surface area contributed by atoms with Gasteiger partial charge in [0.15, 0.2) is 0 Å². The van der Waals surface area contributed by atoms with E-state index in [0.29, 0.717) is 22.4 Å². The third-order valence-electron chi connectivity index (χ3n) is 3.21. The molecule has 4 nitrogen and oxygen atoms in total. The van der Waals surface area contributed by atoms with Crippen molar-refractivity contribution in [2.45, 2.75) is 0 Å². The number of ether oxygens (including phenoxy) is 1. The Morgan fingerprint density at radius 2 is 1.77 bits per heavy atom. The van der Waals surface area contributed by atoms with E-state index in [4.69, 9.17) is 9.15 Å². The molecule has 0 spiro atoms. The third kappa shape index (κ3) is 2.61. The van der Waals surface area contributed by atoms with Crippen LogP contribution in [-0.4, -0.2) is 12.1 Å². The Balaban J connectivity index is 2.06. The fourth-order valence-electron chi connectivity index (χ4n) is 2.12. The summed E-state index contributed by atoms with van der Waals surface area (Å²) in [4.78, 5) is 16.4. The monoisotopic (exact) mass is 297 g/mol. The van der Waals surface area contributed by atoms with Crippen LogP contribution in [0.15, 0.2) is 63.9 Å². The van der Waals surface area contributed by atoms with Gasteiger partial charge in [0.2, 0.25) is 5.89 Å². The molecule has 0 saturated carbocycles. The lowest BCUT2D eigenvalue weighted by molar-refractivity contribution is 0.416. The molecule has 0 aliphatic heterocycles. The SMILES string of the molecule is COc1ccccc1-c1cnc(-c2ccc(F)cc2)oc1=O. The number of nitrogens with zero attached hydrogens (tertiary/aromatic N) is 1. The number of benzene rings is 2. The average molecular weight is 297 g/mol. The molecule has 0 N–H and O–H groups in total. The van der Waals surface area contributed by atoms with E-state index in [-0.39, 0.29) is 11.7 Å². The number of hydrogen-bond acceptors (Lipinski definition) is 4. The minimum Gasteiger partial charge on any atom is -0.496 e. The van der Waals surface area contributed by atoms with E-state index in [1.807, 2.05) is 6.07 Å². The van der Waals surface area contributed by atoms with Crippen LogP contribution in [0.3, 0.4) is 0 Å². The number of halogens is 1. The molecule has 0 radical (unpaired) electrons. The quantitative estimate of drug-likeness (QED) is 0.742. The number of aromatic nitrogens is 1. The second kappa shape index (κ2) is 5.81. The molecule has 0 amide bonds. The van der Waals surface area contributed by atoms with Gasteiger partial charge in [-0.05, 0) is 30.3 Å². The van der Waals surface area contributed by atoms with Crippen molar-refractivity contribution in [1.82, 2.24) is 4.98 Å². The first-order valence-electron chi connectivity index (χ1n) is 6.58. The molecule has 0 aliphatic rings. The molecule has 1 aromatic heterocycles. The van der Waals surface area contributed by atoms with E-state index in [0.717, 1.165) is 0 Å². The van der Waals surface area contributed by atoms with Gasteiger partial charge in [-0.15, -0.1) is 0 Å². The number of methoxy groups -OCH3 is 1. The summed E-state index contributed by atoms with van der Waals surface area (Å²) in [6.45, 7) is 0. The number of rotatable bonds is 3. The Morgan fingerprint density at radius 1 is 1.05 bits per heavy atom. The standard InChI is InChI=1S/C17H12FNO3/c1-21-15-5-3-2-4-13(15)14-10-19-16(22-17(14)20)11-6-8-12(18)9-7-11/h2-10H,1H3. The average Bonchev–Trinajstić information content (AvgIpc) is 2.55. The number of hydrogen-bond donors (Lipinski definition) is 0. The molecule has 0 saturated heterocycles. The largest absolute Gasteiger partial charge is 0.496 e. The summed E-state index contributed by atoms with van der Waals surface area (Å²) in [5.41, 5.74) is 0.920. The van der Waals surface area contributed by atoms with Crippen molar-refractivity contribution in [3.05, 3.63) is 71.0 Å². The summed E-state index contributed by atoms with van der Waals surface area (Å²) in [5, 5.41) is 0. The van der Waals surface area contributed by atoms with E-state index >= 15 is 0 Å². The first-order valence-corrected chi connectivity index (χ1v) is 6.58. The molecule has 0 fully saturated rings. The summed E-state index contributed by atoms with van der Waals surface area (Å²) in [6.07, 6.45) is 1.43. The Kier molecular flexibility index (Phi) is 3.70. The highest BCUT2D eigenvalue weighted by Gasteiger charge is 2.12. The van der Waals surface area contributed by atoms with Crippen molar-refractivity contribution in [1.29, 1.82) is 0 Å². The van der Waals surface area contributed by atoms with Crippen LogP contribution in [-0.2, 0) is 0 Å². The fraction of sp³-hybridized carbons (Fsp3) is 0.0588. The molecule has 1 heterocycles. The van der Waals surface area contributed by atoms with Crippen molar-refractivity contribution in [3.63, 3.8) is 0 Å². The lowest BCUT2D eigenvalue weighted by Gasteiger charge is -2.07. The molecule has 3 rings (SSSR count). The molecule has 0 bridgehead atoms. The van der Waals surface area contributed by atoms with Gasteiger partial charge in [-0.3, -0.25) is 0 Å². The number of para-hydroxylation sites is 1. The lowest BCUT2D eigenvalue weighted by atomic mass is 10.1. The summed E-state index contributed by atoms with van der Waals surface area (Å²) in [7, 11) is 1.53. The Morgan fingerprint density at radius 3 is 2.45 bits per heavy atom. The van der Waals surface area contributed by atoms with Gasteiger partial charge in [0.05, 0.1) is 12.7 Å². The molecule has 3 aromatic rings. The molecular weight excluding hydrogens is 285 g/mol. The zero-order valence-corrected chi connectivity index (χ0v) is 11.7. The van der Waals surface area contributed by atoms with Gasteiger partial charge < -0.3 is 9.15 Å². The first-order chi connectivity index (χ1) is 10.7. The van der Waals surface area contributed by atoms with Crippen LogP contribution in [0.2, 0.25) is 0 Å². The molecule has 0 atom stereocenters. The van der Waals surface area contributed by atoms with Crippen molar-refractivity contribution in [2.75, 3.05) is 7.11 Å². The zero-order chi connectivity index (χ0) is 15.5. The maximum Gasteiger partial charge on any atom is 0.347 e. The van der Waals surface area contributed by atoms with E-state index in [1.54, 1.807) is 18.2 Å². The summed E-state index contributed by atoms with van der Waals surface area (Å²) < 4.78 is 23.4. The van der Waals surface area contributed by atoms with E-state index < -0.39 is 5.63 Å². The zero-order valence-electron chi connectivity index (χ0n) is 11.7. The first kappa shape index (κ1) is 14.0. The predicted molar refractivity (Wildman–Crippen MR) is 80.2 cm³/mol. The van der Waals surface area contributed by atoms with Crippen molar-refractivity contribution in [3.8, 4) is 28.3 Å². The summed E-state index contributed by atoms with van der Waals surface area (Å²) in [5.74, 6) is 0.339. The molecule has 0 unspecified atom stereocenters. The Labute approximate surface area is 125 Å². The van der Waals surface area contributed by atoms with Crippen molar-refractivity contribution >= 4 is 0 Å². The molecule has 2 aromatic carbocycles. The van der Waals surface area contributed by atoms with Crippen LogP contribution < -0.4 is 10.4 Å². The van der Waals surface area contributed by atoms with Crippen LogP contribution in [0, 0.1) is 5.82 Å². The summed E-state index contributed by atoms with van der Waals surface area (Å²) >= 11 is 0.